The number of quaternary nitrogens is 1. The third kappa shape index (κ3) is 8.69. The van der Waals surface area contributed by atoms with Gasteiger partial charge >= 0.3 is 0 Å². The third-order valence-electron chi connectivity index (χ3n) is 4.18. The second-order valence-corrected chi connectivity index (χ2v) is 9.30. The quantitative estimate of drug-likeness (QED) is 0.434. The highest BCUT2D eigenvalue weighted by Gasteiger charge is 2.13. The van der Waals surface area contributed by atoms with Crippen LogP contribution in [0.25, 0.3) is 0 Å². The van der Waals surface area contributed by atoms with Gasteiger partial charge in [0.15, 0.2) is 0 Å². The zero-order valence-corrected chi connectivity index (χ0v) is 16.7. The van der Waals surface area contributed by atoms with E-state index in [1.807, 2.05) is 24.3 Å². The molecule has 1 aromatic rings. The third-order valence-corrected chi connectivity index (χ3v) is 5.55. The van der Waals surface area contributed by atoms with Crippen LogP contribution in [0.4, 0.5) is 11.4 Å². The maximum atomic E-state index is 12.1. The molecular weight excluding hydrogens is 320 g/mol. The predicted octanol–water partition coefficient (Wildman–Crippen LogP) is 4.77. The van der Waals surface area contributed by atoms with Crippen molar-refractivity contribution in [3.63, 3.8) is 0 Å². The second-order valence-electron chi connectivity index (χ2n) is 7.46. The zero-order valence-electron chi connectivity index (χ0n) is 15.8. The molecule has 1 aromatic carbocycles. The number of hydrogen-bond acceptors (Lipinski definition) is 2. The maximum absolute atomic E-state index is 12.1. The van der Waals surface area contributed by atoms with E-state index < -0.39 is 10.0 Å². The highest BCUT2D eigenvalue weighted by molar-refractivity contribution is 7.92. The summed E-state index contributed by atoms with van der Waals surface area (Å²) in [7, 11) is 3.01. The van der Waals surface area contributed by atoms with Crippen molar-refractivity contribution in [3.8, 4) is 0 Å². The van der Waals surface area contributed by atoms with E-state index in [0.717, 1.165) is 24.9 Å². The monoisotopic (exact) mass is 355 g/mol. The first kappa shape index (κ1) is 21.0. The lowest BCUT2D eigenvalue weighted by Crippen LogP contribution is -2.34. The predicted molar refractivity (Wildman–Crippen MR) is 106 cm³/mol. The molecule has 0 fully saturated rings. The van der Waals surface area contributed by atoms with Crippen LogP contribution in [0.3, 0.4) is 0 Å². The van der Waals surface area contributed by atoms with E-state index in [4.69, 9.17) is 0 Å². The van der Waals surface area contributed by atoms with Crippen LogP contribution >= 0.6 is 0 Å². The van der Waals surface area contributed by atoms with Crippen molar-refractivity contribution < 1.29 is 8.42 Å². The molecule has 0 amide bonds. The molecule has 24 heavy (non-hydrogen) atoms. The number of sulfonamides is 1. The Bertz CT molecular complexity index is 560. The summed E-state index contributed by atoms with van der Waals surface area (Å²) < 4.78 is 27.7. The average Bonchev–Trinajstić information content (AvgIpc) is 2.49. The molecule has 0 heterocycles. The van der Waals surface area contributed by atoms with Crippen LogP contribution < -0.4 is 9.21 Å². The van der Waals surface area contributed by atoms with Crippen LogP contribution in [0.1, 0.15) is 58.3 Å². The normalized spacial score (nSPS) is 12.3. The molecule has 0 bridgehead atoms. The first-order valence-corrected chi connectivity index (χ1v) is 10.8. The number of anilines is 1. The zero-order chi connectivity index (χ0) is 18.1. The molecule has 0 unspecified atom stereocenters. The summed E-state index contributed by atoms with van der Waals surface area (Å²) >= 11 is 0. The lowest BCUT2D eigenvalue weighted by atomic mass is 10.1. The Morgan fingerprint density at radius 2 is 1.33 bits per heavy atom. The molecule has 0 aliphatic carbocycles. The summed E-state index contributed by atoms with van der Waals surface area (Å²) in [6.07, 6.45) is 9.24. The van der Waals surface area contributed by atoms with Gasteiger partial charge in [-0.2, -0.15) is 0 Å². The van der Waals surface area contributed by atoms with Gasteiger partial charge in [-0.15, -0.1) is 0 Å². The fraction of sp³-hybridized carbons (Fsp3) is 0.684. The van der Waals surface area contributed by atoms with Crippen LogP contribution in [0, 0.1) is 0 Å². The average molecular weight is 356 g/mol. The Labute approximate surface area is 148 Å². The summed E-state index contributed by atoms with van der Waals surface area (Å²) in [4.78, 5) is 0. The first-order chi connectivity index (χ1) is 11.2. The van der Waals surface area contributed by atoms with E-state index in [1.165, 1.54) is 32.1 Å². The molecule has 0 aromatic heterocycles. The summed E-state index contributed by atoms with van der Waals surface area (Å²) in [6, 6.07) is 7.61. The van der Waals surface area contributed by atoms with Gasteiger partial charge in [0.25, 0.3) is 0 Å². The van der Waals surface area contributed by atoms with Crippen LogP contribution in [-0.2, 0) is 10.0 Å². The Balaban J connectivity index is 2.31. The summed E-state index contributed by atoms with van der Waals surface area (Å²) in [5.74, 6) is 0.207. The minimum absolute atomic E-state index is 0.207. The van der Waals surface area contributed by atoms with Gasteiger partial charge in [-0.1, -0.05) is 51.9 Å². The fourth-order valence-electron chi connectivity index (χ4n) is 2.63. The van der Waals surface area contributed by atoms with Crippen LogP contribution in [0.15, 0.2) is 24.3 Å². The van der Waals surface area contributed by atoms with E-state index in [9.17, 15) is 8.42 Å². The van der Waals surface area contributed by atoms with Gasteiger partial charge in [-0.3, -0.25) is 9.21 Å². The molecule has 0 saturated heterocycles. The summed E-state index contributed by atoms with van der Waals surface area (Å²) in [6.45, 7) is 2.22. The molecule has 1 rings (SSSR count). The first-order valence-electron chi connectivity index (χ1n) is 9.17. The van der Waals surface area contributed by atoms with E-state index >= 15 is 0 Å². The number of nitrogens with one attached hydrogen (secondary N) is 1. The van der Waals surface area contributed by atoms with E-state index in [-0.39, 0.29) is 5.75 Å². The molecule has 138 valence electrons. The Hall–Kier alpha value is -1.07. The van der Waals surface area contributed by atoms with Gasteiger partial charge in [0.2, 0.25) is 10.0 Å². The standard InChI is InChI=1S/C19H35N2O2S/c1-5-6-7-8-9-10-11-12-17-24(22,23)20-18-13-15-19(16-14-18)21(2,3)4/h13-16,20H,5-12,17H2,1-4H3/q+1. The topological polar surface area (TPSA) is 46.2 Å². The highest BCUT2D eigenvalue weighted by Crippen LogP contribution is 2.20. The number of unbranched alkanes of at least 4 members (excludes halogenated alkanes) is 7. The molecule has 0 spiro atoms. The highest BCUT2D eigenvalue weighted by atomic mass is 32.2. The summed E-state index contributed by atoms with van der Waals surface area (Å²) in [5, 5.41) is 0. The van der Waals surface area contributed by atoms with Gasteiger partial charge in [0.1, 0.15) is 5.69 Å². The van der Waals surface area contributed by atoms with Gasteiger partial charge in [0, 0.05) is 17.8 Å². The largest absolute Gasteiger partial charge is 0.298 e. The molecule has 0 atom stereocenters. The van der Waals surface area contributed by atoms with Crippen molar-refractivity contribution in [3.05, 3.63) is 24.3 Å². The van der Waals surface area contributed by atoms with Crippen molar-refractivity contribution >= 4 is 21.4 Å². The van der Waals surface area contributed by atoms with Crippen molar-refractivity contribution in [2.24, 2.45) is 0 Å². The van der Waals surface area contributed by atoms with E-state index in [0.29, 0.717) is 10.2 Å². The summed E-state index contributed by atoms with van der Waals surface area (Å²) in [5.41, 5.74) is 1.78. The minimum atomic E-state index is -3.24. The van der Waals surface area contributed by atoms with E-state index in [2.05, 4.69) is 32.8 Å². The van der Waals surface area contributed by atoms with Crippen LogP contribution in [-0.4, -0.2) is 35.3 Å². The fourth-order valence-corrected chi connectivity index (χ4v) is 3.81. The van der Waals surface area contributed by atoms with Crippen LogP contribution in [0.5, 0.6) is 0 Å². The Kier molecular flexibility index (Phi) is 8.78. The molecule has 5 heteroatoms. The molecular formula is C19H35N2O2S+. The Morgan fingerprint density at radius 1 is 0.833 bits per heavy atom. The Morgan fingerprint density at radius 3 is 1.83 bits per heavy atom. The lowest BCUT2D eigenvalue weighted by molar-refractivity contribution is 0.486. The molecule has 1 N–H and O–H groups in total. The van der Waals surface area contributed by atoms with Crippen LogP contribution in [0.2, 0.25) is 0 Å². The molecule has 0 aliphatic heterocycles. The number of hydrogen-bond donors (Lipinski definition) is 1. The van der Waals surface area contributed by atoms with Crippen molar-refractivity contribution in [1.29, 1.82) is 0 Å². The smallest absolute Gasteiger partial charge is 0.232 e. The molecule has 0 saturated carbocycles. The van der Waals surface area contributed by atoms with Gasteiger partial charge < -0.3 is 0 Å². The van der Waals surface area contributed by atoms with Crippen molar-refractivity contribution in [2.45, 2.75) is 58.3 Å². The molecule has 4 nitrogen and oxygen atoms in total. The van der Waals surface area contributed by atoms with Gasteiger partial charge in [-0.25, -0.2) is 8.42 Å². The van der Waals surface area contributed by atoms with Crippen molar-refractivity contribution in [1.82, 2.24) is 4.48 Å². The number of benzene rings is 1. The minimum Gasteiger partial charge on any atom is -0.298 e. The number of rotatable bonds is 12. The lowest BCUT2D eigenvalue weighted by Gasteiger charge is -2.23. The number of nitrogens with zero attached hydrogens (tertiary/aromatic N) is 1. The maximum Gasteiger partial charge on any atom is 0.232 e. The second kappa shape index (κ2) is 10.0. The molecule has 0 aliphatic rings. The SMILES string of the molecule is CCCCCCCCCCS(=O)(=O)Nc1ccc([N+](C)(C)C)cc1. The van der Waals surface area contributed by atoms with Crippen molar-refractivity contribution in [2.75, 3.05) is 31.6 Å². The van der Waals surface area contributed by atoms with E-state index in [1.54, 1.807) is 0 Å². The molecule has 0 radical (unpaired) electrons. The van der Waals surface area contributed by atoms with Gasteiger partial charge in [-0.05, 0) is 18.6 Å². The van der Waals surface area contributed by atoms with Gasteiger partial charge in [0.05, 0.1) is 26.9 Å².